The Bertz CT molecular complexity index is 543. The van der Waals surface area contributed by atoms with Crippen molar-refractivity contribution in [1.82, 2.24) is 20.5 Å². The monoisotopic (exact) mass is 292 g/mol. The molecule has 6 heteroatoms. The van der Waals surface area contributed by atoms with Crippen LogP contribution in [0.15, 0.2) is 29.4 Å². The number of thioether (sulfide) groups is 1. The van der Waals surface area contributed by atoms with Crippen LogP contribution < -0.4 is 10.1 Å². The summed E-state index contributed by atoms with van der Waals surface area (Å²) in [5, 5.41) is 11.1. The number of aromatic amines is 1. The molecule has 5 nitrogen and oxygen atoms in total. The van der Waals surface area contributed by atoms with Gasteiger partial charge in [0, 0.05) is 17.4 Å². The van der Waals surface area contributed by atoms with E-state index in [1.165, 1.54) is 0 Å². The number of ether oxygens (including phenoxy) is 1. The van der Waals surface area contributed by atoms with Crippen LogP contribution in [0.1, 0.15) is 24.4 Å². The van der Waals surface area contributed by atoms with Crippen LogP contribution in [-0.2, 0) is 0 Å². The van der Waals surface area contributed by atoms with E-state index in [0.717, 1.165) is 28.0 Å². The van der Waals surface area contributed by atoms with Crippen LogP contribution in [-0.4, -0.2) is 34.6 Å². The molecule has 2 N–H and O–H groups in total. The van der Waals surface area contributed by atoms with Crippen LogP contribution in [0.3, 0.4) is 0 Å². The van der Waals surface area contributed by atoms with Gasteiger partial charge in [-0.3, -0.25) is 5.10 Å². The summed E-state index contributed by atoms with van der Waals surface area (Å²) in [6.07, 6.45) is 0. The Morgan fingerprint density at radius 2 is 2.20 bits per heavy atom. The smallest absolute Gasteiger partial charge is 0.208 e. The number of aryl methyl sites for hydroxylation is 1. The molecule has 1 heterocycles. The molecule has 2 rings (SSSR count). The molecule has 1 atom stereocenters. The average molecular weight is 292 g/mol. The first kappa shape index (κ1) is 14.9. The summed E-state index contributed by atoms with van der Waals surface area (Å²) in [4.78, 5) is 4.31. The number of nitrogens with one attached hydrogen (secondary N) is 2. The third kappa shape index (κ3) is 3.74. The van der Waals surface area contributed by atoms with Crippen molar-refractivity contribution in [1.29, 1.82) is 0 Å². The Labute approximate surface area is 123 Å². The number of rotatable bonds is 7. The second-order valence-electron chi connectivity index (χ2n) is 4.33. The van der Waals surface area contributed by atoms with Crippen molar-refractivity contribution in [3.8, 4) is 5.75 Å². The van der Waals surface area contributed by atoms with Crippen LogP contribution in [0, 0.1) is 6.92 Å². The van der Waals surface area contributed by atoms with Gasteiger partial charge in [-0.15, -0.1) is 5.10 Å². The Morgan fingerprint density at radius 1 is 1.40 bits per heavy atom. The number of aromatic nitrogens is 3. The molecule has 0 radical (unpaired) electrons. The average Bonchev–Trinajstić information content (AvgIpc) is 2.87. The molecular formula is C14H20N4OS. The van der Waals surface area contributed by atoms with Crippen molar-refractivity contribution >= 4 is 11.8 Å². The number of hydrogen-bond donors (Lipinski definition) is 2. The summed E-state index contributed by atoms with van der Waals surface area (Å²) in [5.41, 5.74) is 1.16. The highest BCUT2D eigenvalue weighted by Crippen LogP contribution is 2.28. The van der Waals surface area contributed by atoms with Crippen molar-refractivity contribution in [3.63, 3.8) is 0 Å². The normalized spacial score (nSPS) is 12.3. The van der Waals surface area contributed by atoms with Gasteiger partial charge in [0.15, 0.2) is 0 Å². The fourth-order valence-corrected chi connectivity index (χ4v) is 2.90. The van der Waals surface area contributed by atoms with Gasteiger partial charge in [0.2, 0.25) is 5.16 Å². The molecule has 0 saturated carbocycles. The highest BCUT2D eigenvalue weighted by Gasteiger charge is 2.15. The largest absolute Gasteiger partial charge is 0.494 e. The Morgan fingerprint density at radius 3 is 2.85 bits per heavy atom. The zero-order chi connectivity index (χ0) is 14.4. The zero-order valence-electron chi connectivity index (χ0n) is 12.0. The molecule has 20 heavy (non-hydrogen) atoms. The molecule has 0 saturated heterocycles. The second kappa shape index (κ2) is 7.31. The van der Waals surface area contributed by atoms with Crippen molar-refractivity contribution in [3.05, 3.63) is 35.7 Å². The first-order valence-electron chi connectivity index (χ1n) is 6.65. The second-order valence-corrected chi connectivity index (χ2v) is 5.31. The van der Waals surface area contributed by atoms with Crippen LogP contribution >= 0.6 is 11.8 Å². The maximum Gasteiger partial charge on any atom is 0.208 e. The lowest BCUT2D eigenvalue weighted by atomic mass is 10.1. The number of benzene rings is 1. The summed E-state index contributed by atoms with van der Waals surface area (Å²) in [7, 11) is 1.96. The van der Waals surface area contributed by atoms with E-state index in [0.29, 0.717) is 6.61 Å². The fourth-order valence-electron chi connectivity index (χ4n) is 1.93. The Hall–Kier alpha value is -1.53. The maximum atomic E-state index is 5.69. The van der Waals surface area contributed by atoms with E-state index in [4.69, 9.17) is 4.74 Å². The standard InChI is InChI=1S/C14H20N4OS/c1-4-19-13-8-6-5-7-11(13)12(15-3)9-20-14-16-10(2)17-18-14/h5-8,12,15H,4,9H2,1-3H3,(H,16,17,18). The van der Waals surface area contributed by atoms with Gasteiger partial charge in [-0.05, 0) is 27.0 Å². The number of H-pyrrole nitrogens is 1. The minimum absolute atomic E-state index is 0.196. The third-order valence-corrected chi connectivity index (χ3v) is 3.84. The third-order valence-electron chi connectivity index (χ3n) is 2.90. The van der Waals surface area contributed by atoms with Crippen molar-refractivity contribution in [2.75, 3.05) is 19.4 Å². The number of para-hydroxylation sites is 1. The first-order chi connectivity index (χ1) is 9.74. The van der Waals surface area contributed by atoms with Gasteiger partial charge in [-0.25, -0.2) is 4.98 Å². The van der Waals surface area contributed by atoms with Crippen LogP contribution in [0.25, 0.3) is 0 Å². The van der Waals surface area contributed by atoms with Crippen molar-refractivity contribution in [2.24, 2.45) is 0 Å². The summed E-state index contributed by atoms with van der Waals surface area (Å²) in [6, 6.07) is 8.32. The minimum Gasteiger partial charge on any atom is -0.494 e. The van der Waals surface area contributed by atoms with Crippen molar-refractivity contribution < 1.29 is 4.74 Å². The quantitative estimate of drug-likeness (QED) is 0.768. The molecule has 0 fully saturated rings. The molecule has 0 bridgehead atoms. The summed E-state index contributed by atoms with van der Waals surface area (Å²) in [6.45, 7) is 4.56. The maximum absolute atomic E-state index is 5.69. The van der Waals surface area contributed by atoms with Gasteiger partial charge < -0.3 is 10.1 Å². The fraction of sp³-hybridized carbons (Fsp3) is 0.429. The first-order valence-corrected chi connectivity index (χ1v) is 7.64. The lowest BCUT2D eigenvalue weighted by Crippen LogP contribution is -2.19. The molecule has 0 aliphatic rings. The molecule has 1 aromatic heterocycles. The van der Waals surface area contributed by atoms with E-state index in [2.05, 4.69) is 26.6 Å². The molecule has 0 aliphatic heterocycles. The van der Waals surface area contributed by atoms with Gasteiger partial charge in [0.05, 0.1) is 6.61 Å². The van der Waals surface area contributed by atoms with E-state index in [1.807, 2.05) is 39.1 Å². The molecule has 1 unspecified atom stereocenters. The van der Waals surface area contributed by atoms with E-state index < -0.39 is 0 Å². The summed E-state index contributed by atoms with van der Waals surface area (Å²) < 4.78 is 5.69. The molecule has 2 aromatic rings. The van der Waals surface area contributed by atoms with E-state index in [9.17, 15) is 0 Å². The van der Waals surface area contributed by atoms with E-state index in [-0.39, 0.29) is 6.04 Å². The summed E-state index contributed by atoms with van der Waals surface area (Å²) >= 11 is 1.62. The predicted molar refractivity (Wildman–Crippen MR) is 81.3 cm³/mol. The van der Waals surface area contributed by atoms with Gasteiger partial charge in [-0.2, -0.15) is 0 Å². The Balaban J connectivity index is 2.07. The summed E-state index contributed by atoms with van der Waals surface area (Å²) in [5.74, 6) is 2.61. The highest BCUT2D eigenvalue weighted by atomic mass is 32.2. The molecule has 0 spiro atoms. The van der Waals surface area contributed by atoms with Gasteiger partial charge in [-0.1, -0.05) is 30.0 Å². The molecule has 0 aliphatic carbocycles. The molecule has 1 aromatic carbocycles. The minimum atomic E-state index is 0.196. The lowest BCUT2D eigenvalue weighted by Gasteiger charge is -2.19. The van der Waals surface area contributed by atoms with Crippen LogP contribution in [0.2, 0.25) is 0 Å². The zero-order valence-corrected chi connectivity index (χ0v) is 12.8. The molecule has 108 valence electrons. The predicted octanol–water partition coefficient (Wildman–Crippen LogP) is 2.56. The molecular weight excluding hydrogens is 272 g/mol. The van der Waals surface area contributed by atoms with Gasteiger partial charge >= 0.3 is 0 Å². The molecule has 0 amide bonds. The van der Waals surface area contributed by atoms with Gasteiger partial charge in [0.25, 0.3) is 0 Å². The van der Waals surface area contributed by atoms with E-state index in [1.54, 1.807) is 11.8 Å². The van der Waals surface area contributed by atoms with Crippen LogP contribution in [0.4, 0.5) is 0 Å². The van der Waals surface area contributed by atoms with E-state index >= 15 is 0 Å². The van der Waals surface area contributed by atoms with Crippen molar-refractivity contribution in [2.45, 2.75) is 25.0 Å². The number of nitrogens with zero attached hydrogens (tertiary/aromatic N) is 2. The Kier molecular flexibility index (Phi) is 5.43. The van der Waals surface area contributed by atoms with Crippen LogP contribution in [0.5, 0.6) is 5.75 Å². The highest BCUT2D eigenvalue weighted by molar-refractivity contribution is 7.99. The number of hydrogen-bond acceptors (Lipinski definition) is 5. The SMILES string of the molecule is CCOc1ccccc1C(CSc1n[nH]c(C)n1)NC. The topological polar surface area (TPSA) is 62.8 Å². The lowest BCUT2D eigenvalue weighted by molar-refractivity contribution is 0.333. The van der Waals surface area contributed by atoms with Gasteiger partial charge in [0.1, 0.15) is 11.6 Å².